The van der Waals surface area contributed by atoms with Crippen LogP contribution in [-0.4, -0.2) is 23.4 Å². The summed E-state index contributed by atoms with van der Waals surface area (Å²) in [6, 6.07) is 10.4. The van der Waals surface area contributed by atoms with E-state index in [0.29, 0.717) is 13.2 Å². The fraction of sp³-hybridized carbons (Fsp3) is 0.333. The van der Waals surface area contributed by atoms with Gasteiger partial charge in [0, 0.05) is 34.8 Å². The zero-order chi connectivity index (χ0) is 16.7. The molecule has 0 heterocycles. The number of hydrogen-bond donors (Lipinski definition) is 2. The van der Waals surface area contributed by atoms with Crippen molar-refractivity contribution in [2.45, 2.75) is 25.4 Å². The number of rotatable bonds is 8. The minimum absolute atomic E-state index is 0.208. The van der Waals surface area contributed by atoms with Gasteiger partial charge in [-0.15, -0.1) is 0 Å². The molecular weight excluding hydrogens is 312 g/mol. The second kappa shape index (κ2) is 8.58. The number of benzene rings is 2. The summed E-state index contributed by atoms with van der Waals surface area (Å²) in [5.41, 5.74) is 2.10. The van der Waals surface area contributed by atoms with Crippen molar-refractivity contribution < 1.29 is 19.7 Å². The maximum atomic E-state index is 9.56. The molecule has 0 saturated heterocycles. The minimum Gasteiger partial charge on any atom is -0.508 e. The first-order chi connectivity index (χ1) is 11.1. The summed E-state index contributed by atoms with van der Waals surface area (Å²) in [4.78, 5) is 0. The van der Waals surface area contributed by atoms with E-state index in [0.717, 1.165) is 34.1 Å². The molecule has 0 unspecified atom stereocenters. The fourth-order valence-corrected chi connectivity index (χ4v) is 3.19. The van der Waals surface area contributed by atoms with Gasteiger partial charge in [-0.3, -0.25) is 0 Å². The maximum absolute atomic E-state index is 9.56. The summed E-state index contributed by atoms with van der Waals surface area (Å²) in [5.74, 6) is 3.38. The number of phenolic OH excluding ortho intramolecular Hbond substituents is 2. The Hall–Kier alpha value is -2.01. The lowest BCUT2D eigenvalue weighted by atomic mass is 10.2. The summed E-state index contributed by atoms with van der Waals surface area (Å²) in [7, 11) is 0. The van der Waals surface area contributed by atoms with Crippen molar-refractivity contribution in [2.75, 3.05) is 13.2 Å². The highest BCUT2D eigenvalue weighted by Crippen LogP contribution is 2.32. The van der Waals surface area contributed by atoms with Crippen LogP contribution in [0.2, 0.25) is 0 Å². The third-order valence-electron chi connectivity index (χ3n) is 3.22. The van der Waals surface area contributed by atoms with Crippen LogP contribution in [0.15, 0.2) is 36.4 Å². The van der Waals surface area contributed by atoms with Gasteiger partial charge in [-0.2, -0.15) is 11.8 Å². The van der Waals surface area contributed by atoms with Crippen LogP contribution in [0, 0.1) is 0 Å². The van der Waals surface area contributed by atoms with Gasteiger partial charge in [-0.25, -0.2) is 0 Å². The van der Waals surface area contributed by atoms with Gasteiger partial charge in [0.1, 0.15) is 23.0 Å². The van der Waals surface area contributed by atoms with Gasteiger partial charge >= 0.3 is 0 Å². The van der Waals surface area contributed by atoms with Crippen LogP contribution in [0.5, 0.6) is 23.0 Å². The van der Waals surface area contributed by atoms with E-state index in [9.17, 15) is 10.2 Å². The molecule has 0 radical (unpaired) electrons. The molecule has 0 aromatic heterocycles. The van der Waals surface area contributed by atoms with Crippen molar-refractivity contribution in [3.05, 3.63) is 47.5 Å². The molecule has 0 aliphatic heterocycles. The van der Waals surface area contributed by atoms with Gasteiger partial charge < -0.3 is 19.7 Å². The molecule has 0 saturated carbocycles. The Bertz CT molecular complexity index is 587. The second-order valence-corrected chi connectivity index (χ2v) is 5.93. The van der Waals surface area contributed by atoms with Crippen molar-refractivity contribution in [2.24, 2.45) is 0 Å². The van der Waals surface area contributed by atoms with Gasteiger partial charge in [-0.05, 0) is 26.0 Å². The number of ether oxygens (including phenoxy) is 2. The normalized spacial score (nSPS) is 10.5. The molecule has 0 fully saturated rings. The lowest BCUT2D eigenvalue weighted by Gasteiger charge is -2.12. The lowest BCUT2D eigenvalue weighted by Crippen LogP contribution is -1.97. The van der Waals surface area contributed by atoms with Gasteiger partial charge in [0.2, 0.25) is 0 Å². The summed E-state index contributed by atoms with van der Waals surface area (Å²) in [6.45, 7) is 4.97. The molecular formula is C18H22O4S. The first-order valence-corrected chi connectivity index (χ1v) is 8.76. The maximum Gasteiger partial charge on any atom is 0.126 e. The molecule has 2 N–H and O–H groups in total. The Balaban J connectivity index is 2.03. The van der Waals surface area contributed by atoms with E-state index in [1.807, 2.05) is 26.0 Å². The van der Waals surface area contributed by atoms with Crippen LogP contribution >= 0.6 is 11.8 Å². The van der Waals surface area contributed by atoms with Crippen molar-refractivity contribution >= 4 is 11.8 Å². The standard InChI is InChI=1S/C18H22O4S/c1-3-21-17-9-15(19)7-5-13(17)11-23-12-14-6-8-16(20)10-18(14)22-4-2/h5-10,19-20H,3-4,11-12H2,1-2H3. The molecule has 0 bridgehead atoms. The quantitative estimate of drug-likeness (QED) is 0.752. The number of phenols is 2. The third kappa shape index (κ3) is 4.99. The van der Waals surface area contributed by atoms with Gasteiger partial charge in [0.25, 0.3) is 0 Å². The molecule has 0 amide bonds. The van der Waals surface area contributed by atoms with Crippen molar-refractivity contribution in [3.8, 4) is 23.0 Å². The number of aromatic hydroxyl groups is 2. The van der Waals surface area contributed by atoms with Crippen molar-refractivity contribution in [1.82, 2.24) is 0 Å². The highest BCUT2D eigenvalue weighted by atomic mass is 32.2. The molecule has 2 aromatic carbocycles. The molecule has 2 rings (SSSR count). The zero-order valence-electron chi connectivity index (χ0n) is 13.4. The highest BCUT2D eigenvalue weighted by molar-refractivity contribution is 7.97. The van der Waals surface area contributed by atoms with E-state index in [-0.39, 0.29) is 11.5 Å². The van der Waals surface area contributed by atoms with Crippen molar-refractivity contribution in [3.63, 3.8) is 0 Å². The van der Waals surface area contributed by atoms with Crippen LogP contribution < -0.4 is 9.47 Å². The highest BCUT2D eigenvalue weighted by Gasteiger charge is 2.08. The predicted molar refractivity (Wildman–Crippen MR) is 93.6 cm³/mol. The monoisotopic (exact) mass is 334 g/mol. The number of hydrogen-bond acceptors (Lipinski definition) is 5. The van der Waals surface area contributed by atoms with E-state index in [1.54, 1.807) is 36.0 Å². The largest absolute Gasteiger partial charge is 0.508 e. The van der Waals surface area contributed by atoms with Gasteiger partial charge in [0.15, 0.2) is 0 Å². The molecule has 2 aromatic rings. The van der Waals surface area contributed by atoms with E-state index in [2.05, 4.69) is 0 Å². The molecule has 4 nitrogen and oxygen atoms in total. The third-order valence-corrected chi connectivity index (χ3v) is 4.25. The fourth-order valence-electron chi connectivity index (χ4n) is 2.18. The average molecular weight is 334 g/mol. The molecule has 0 aliphatic carbocycles. The van der Waals surface area contributed by atoms with Crippen LogP contribution in [-0.2, 0) is 11.5 Å². The molecule has 124 valence electrons. The van der Waals surface area contributed by atoms with E-state index >= 15 is 0 Å². The zero-order valence-corrected chi connectivity index (χ0v) is 14.2. The molecule has 0 atom stereocenters. The molecule has 0 aliphatic rings. The Morgan fingerprint density at radius 2 is 1.22 bits per heavy atom. The van der Waals surface area contributed by atoms with E-state index in [1.165, 1.54) is 0 Å². The average Bonchev–Trinajstić information content (AvgIpc) is 2.52. The molecule has 23 heavy (non-hydrogen) atoms. The smallest absolute Gasteiger partial charge is 0.126 e. The Kier molecular flexibility index (Phi) is 6.47. The van der Waals surface area contributed by atoms with Crippen LogP contribution in [0.25, 0.3) is 0 Å². The molecule has 0 spiro atoms. The Morgan fingerprint density at radius 1 is 0.783 bits per heavy atom. The Morgan fingerprint density at radius 3 is 1.61 bits per heavy atom. The Labute approximate surface area is 141 Å². The van der Waals surface area contributed by atoms with Crippen LogP contribution in [0.4, 0.5) is 0 Å². The van der Waals surface area contributed by atoms with Crippen LogP contribution in [0.3, 0.4) is 0 Å². The summed E-state index contributed by atoms with van der Waals surface area (Å²) < 4.78 is 11.1. The van der Waals surface area contributed by atoms with E-state index in [4.69, 9.17) is 9.47 Å². The van der Waals surface area contributed by atoms with Gasteiger partial charge in [0.05, 0.1) is 13.2 Å². The lowest BCUT2D eigenvalue weighted by molar-refractivity contribution is 0.335. The number of thioether (sulfide) groups is 1. The first-order valence-electron chi connectivity index (χ1n) is 7.61. The molecule has 5 heteroatoms. The second-order valence-electron chi connectivity index (χ2n) is 4.94. The predicted octanol–water partition coefficient (Wildman–Crippen LogP) is 4.33. The first kappa shape index (κ1) is 17.3. The minimum atomic E-state index is 0.208. The summed E-state index contributed by atoms with van der Waals surface area (Å²) in [5, 5.41) is 19.1. The van der Waals surface area contributed by atoms with Gasteiger partial charge in [-0.1, -0.05) is 12.1 Å². The summed E-state index contributed by atoms with van der Waals surface area (Å²) in [6.07, 6.45) is 0. The SMILES string of the molecule is CCOc1cc(O)ccc1CSCc1ccc(O)cc1OCC. The van der Waals surface area contributed by atoms with Crippen LogP contribution in [0.1, 0.15) is 25.0 Å². The van der Waals surface area contributed by atoms with Crippen molar-refractivity contribution in [1.29, 1.82) is 0 Å². The summed E-state index contributed by atoms with van der Waals surface area (Å²) >= 11 is 1.73. The van der Waals surface area contributed by atoms with E-state index < -0.39 is 0 Å². The topological polar surface area (TPSA) is 58.9 Å².